The van der Waals surface area contributed by atoms with Gasteiger partial charge in [0, 0.05) is 12.3 Å². The second-order valence-corrected chi connectivity index (χ2v) is 14.7. The molecule has 4 rings (SSSR count). The van der Waals surface area contributed by atoms with E-state index in [1.54, 1.807) is 25.6 Å². The highest BCUT2D eigenvalue weighted by Crippen LogP contribution is 2.37. The largest absolute Gasteiger partial charge is 0.501 e. The third kappa shape index (κ3) is 6.79. The van der Waals surface area contributed by atoms with Gasteiger partial charge in [0.25, 0.3) is 8.32 Å². The van der Waals surface area contributed by atoms with Crippen LogP contribution in [0.25, 0.3) is 6.08 Å². The van der Waals surface area contributed by atoms with E-state index in [4.69, 9.17) is 23.6 Å². The highest BCUT2D eigenvalue weighted by molar-refractivity contribution is 6.99. The van der Waals surface area contributed by atoms with E-state index in [0.29, 0.717) is 31.5 Å². The maximum atomic E-state index is 7.13. The molecule has 0 unspecified atom stereocenters. The molecule has 0 saturated carbocycles. The first kappa shape index (κ1) is 29.0. The lowest BCUT2D eigenvalue weighted by atomic mass is 10.2. The number of nitrogens with zero attached hydrogens (tertiary/aromatic N) is 2. The summed E-state index contributed by atoms with van der Waals surface area (Å²) in [6.45, 7) is 9.94. The fraction of sp³-hybridized carbons (Fsp3) is 0.273. The Morgan fingerprint density at radius 1 is 0.825 bits per heavy atom. The molecule has 0 radical (unpaired) electrons. The van der Waals surface area contributed by atoms with Gasteiger partial charge in [0.1, 0.15) is 12.4 Å². The molecule has 1 heterocycles. The summed E-state index contributed by atoms with van der Waals surface area (Å²) in [6.07, 6.45) is 5.12. The van der Waals surface area contributed by atoms with Crippen molar-refractivity contribution in [2.45, 2.75) is 45.9 Å². The monoisotopic (exact) mass is 554 g/mol. The van der Waals surface area contributed by atoms with Gasteiger partial charge in [0.15, 0.2) is 5.82 Å². The molecule has 4 aromatic rings. The second kappa shape index (κ2) is 13.4. The van der Waals surface area contributed by atoms with Gasteiger partial charge in [-0.05, 0) is 40.0 Å². The third-order valence-corrected chi connectivity index (χ3v) is 11.7. The molecule has 7 heteroatoms. The average Bonchev–Trinajstić information content (AvgIpc) is 2.98. The minimum absolute atomic E-state index is 0.152. The topological polar surface area (TPSA) is 62.7 Å². The third-order valence-electron chi connectivity index (χ3n) is 6.72. The maximum Gasteiger partial charge on any atom is 0.261 e. The molecular weight excluding hydrogens is 516 g/mol. The van der Waals surface area contributed by atoms with Crippen molar-refractivity contribution in [3.05, 3.63) is 114 Å². The minimum atomic E-state index is -2.75. The van der Waals surface area contributed by atoms with E-state index in [0.717, 1.165) is 16.9 Å². The van der Waals surface area contributed by atoms with Gasteiger partial charge in [-0.25, -0.2) is 4.98 Å². The first-order chi connectivity index (χ1) is 19.4. The van der Waals surface area contributed by atoms with Crippen molar-refractivity contribution < 1.29 is 18.6 Å². The molecule has 0 aliphatic carbocycles. The van der Waals surface area contributed by atoms with Crippen LogP contribution < -0.4 is 19.8 Å². The molecule has 0 aliphatic rings. The maximum absolute atomic E-state index is 7.13. The van der Waals surface area contributed by atoms with Crippen molar-refractivity contribution in [3.63, 3.8) is 0 Å². The number of methoxy groups -OCH3 is 1. The Bertz CT molecular complexity index is 1330. The van der Waals surface area contributed by atoms with E-state index in [1.807, 2.05) is 43.3 Å². The van der Waals surface area contributed by atoms with Gasteiger partial charge in [0.2, 0.25) is 5.88 Å². The molecule has 0 fully saturated rings. The van der Waals surface area contributed by atoms with Crippen LogP contribution >= 0.6 is 0 Å². The number of benzene rings is 3. The molecule has 0 N–H and O–H groups in total. The normalized spacial score (nSPS) is 11.9. The van der Waals surface area contributed by atoms with E-state index < -0.39 is 8.32 Å². The van der Waals surface area contributed by atoms with E-state index in [2.05, 4.69) is 74.3 Å². The molecule has 0 bridgehead atoms. The molecular formula is C33H38N2O4Si. The van der Waals surface area contributed by atoms with Gasteiger partial charge >= 0.3 is 0 Å². The molecule has 0 aliphatic heterocycles. The summed E-state index contributed by atoms with van der Waals surface area (Å²) in [7, 11) is -1.10. The van der Waals surface area contributed by atoms with E-state index in [9.17, 15) is 0 Å². The van der Waals surface area contributed by atoms with Crippen LogP contribution in [0.5, 0.6) is 11.6 Å². The van der Waals surface area contributed by atoms with Crippen LogP contribution in [0, 0.1) is 0 Å². The van der Waals surface area contributed by atoms with Crippen LogP contribution in [0.1, 0.15) is 44.6 Å². The summed E-state index contributed by atoms with van der Waals surface area (Å²) < 4.78 is 24.0. The average molecular weight is 555 g/mol. The van der Waals surface area contributed by atoms with E-state index >= 15 is 0 Å². The SMILES string of the molecule is CCOC=Cc1ncc(CO[Si](c2ccccc2)(c2ccccc2)C(C)(C)C)c(OCc2ccc(OC)cc2)n1. The molecule has 3 aromatic carbocycles. The Labute approximate surface area is 238 Å². The van der Waals surface area contributed by atoms with Gasteiger partial charge in [-0.15, -0.1) is 0 Å². The van der Waals surface area contributed by atoms with Crippen LogP contribution in [0.3, 0.4) is 0 Å². The van der Waals surface area contributed by atoms with Gasteiger partial charge in [-0.3, -0.25) is 0 Å². The van der Waals surface area contributed by atoms with Gasteiger partial charge < -0.3 is 18.6 Å². The van der Waals surface area contributed by atoms with Crippen LogP contribution in [0.15, 0.2) is 97.4 Å². The molecule has 6 nitrogen and oxygen atoms in total. The van der Waals surface area contributed by atoms with Crippen molar-refractivity contribution in [3.8, 4) is 11.6 Å². The fourth-order valence-electron chi connectivity index (χ4n) is 4.73. The summed E-state index contributed by atoms with van der Waals surface area (Å²) in [5.74, 6) is 1.79. The lowest BCUT2D eigenvalue weighted by Crippen LogP contribution is -2.66. The second-order valence-electron chi connectivity index (χ2n) is 10.4. The zero-order valence-corrected chi connectivity index (χ0v) is 25.0. The Balaban J connectivity index is 1.70. The quantitative estimate of drug-likeness (QED) is 0.155. The number of hydrogen-bond donors (Lipinski definition) is 0. The van der Waals surface area contributed by atoms with Crippen molar-refractivity contribution in [1.82, 2.24) is 9.97 Å². The Morgan fingerprint density at radius 3 is 2.00 bits per heavy atom. The molecule has 208 valence electrons. The van der Waals surface area contributed by atoms with Crippen molar-refractivity contribution in [2.75, 3.05) is 13.7 Å². The summed E-state index contributed by atoms with van der Waals surface area (Å²) in [5.41, 5.74) is 1.79. The molecule has 40 heavy (non-hydrogen) atoms. The van der Waals surface area contributed by atoms with Crippen molar-refractivity contribution in [1.29, 1.82) is 0 Å². The summed E-state index contributed by atoms with van der Waals surface area (Å²) in [5, 5.41) is 2.28. The Morgan fingerprint density at radius 2 is 1.45 bits per heavy atom. The van der Waals surface area contributed by atoms with Crippen LogP contribution in [0.2, 0.25) is 5.04 Å². The Kier molecular flexibility index (Phi) is 9.74. The van der Waals surface area contributed by atoms with Crippen molar-refractivity contribution in [2.24, 2.45) is 0 Å². The van der Waals surface area contributed by atoms with Crippen molar-refractivity contribution >= 4 is 24.8 Å². The molecule has 0 spiro atoms. The number of hydrogen-bond acceptors (Lipinski definition) is 6. The lowest BCUT2D eigenvalue weighted by molar-refractivity contribution is 0.255. The van der Waals surface area contributed by atoms with Crippen LogP contribution in [-0.2, 0) is 22.4 Å². The van der Waals surface area contributed by atoms with Crippen LogP contribution in [0.4, 0.5) is 0 Å². The number of rotatable bonds is 12. The first-order valence-electron chi connectivity index (χ1n) is 13.5. The van der Waals surface area contributed by atoms with E-state index in [1.165, 1.54) is 10.4 Å². The zero-order chi connectivity index (χ0) is 28.4. The minimum Gasteiger partial charge on any atom is -0.501 e. The first-order valence-corrected chi connectivity index (χ1v) is 15.4. The number of aromatic nitrogens is 2. The summed E-state index contributed by atoms with van der Waals surface area (Å²) in [4.78, 5) is 9.27. The molecule has 0 amide bonds. The fourth-order valence-corrected chi connectivity index (χ4v) is 9.26. The van der Waals surface area contributed by atoms with E-state index in [-0.39, 0.29) is 5.04 Å². The summed E-state index contributed by atoms with van der Waals surface area (Å²) >= 11 is 0. The Hall–Kier alpha value is -3.94. The van der Waals surface area contributed by atoms with Gasteiger partial charge in [-0.1, -0.05) is 93.6 Å². The predicted molar refractivity (Wildman–Crippen MR) is 162 cm³/mol. The zero-order valence-electron chi connectivity index (χ0n) is 24.0. The smallest absolute Gasteiger partial charge is 0.261 e. The molecule has 0 atom stereocenters. The molecule has 1 aromatic heterocycles. The predicted octanol–water partition coefficient (Wildman–Crippen LogP) is 6.15. The number of ether oxygens (including phenoxy) is 3. The van der Waals surface area contributed by atoms with Gasteiger partial charge in [-0.2, -0.15) is 4.98 Å². The highest BCUT2D eigenvalue weighted by atomic mass is 28.4. The van der Waals surface area contributed by atoms with Gasteiger partial charge in [0.05, 0.1) is 32.1 Å². The molecule has 0 saturated heterocycles. The summed E-state index contributed by atoms with van der Waals surface area (Å²) in [6, 6.07) is 29.0. The van der Waals surface area contributed by atoms with Crippen LogP contribution in [-0.4, -0.2) is 32.0 Å². The lowest BCUT2D eigenvalue weighted by Gasteiger charge is -2.43. The standard InChI is InChI=1S/C33H38N2O4Si/c1-6-37-22-21-31-34-23-27(32(35-31)38-24-26-17-19-28(36-5)20-18-26)25-39-40(33(2,3)4,29-13-9-7-10-14-29)30-15-11-8-12-16-30/h7-23H,6,24-25H2,1-5H3. The highest BCUT2D eigenvalue weighted by Gasteiger charge is 2.50.